The topological polar surface area (TPSA) is 29.1 Å². The molecule has 0 saturated heterocycles. The van der Waals surface area contributed by atoms with E-state index in [0.29, 0.717) is 15.2 Å². The Labute approximate surface area is 121 Å². The molecule has 19 heavy (non-hydrogen) atoms. The molecule has 0 bridgehead atoms. The number of benzene rings is 2. The molecule has 0 aliphatic carbocycles. The van der Waals surface area contributed by atoms with E-state index >= 15 is 0 Å². The molecule has 0 aliphatic heterocycles. The molecule has 0 spiro atoms. The summed E-state index contributed by atoms with van der Waals surface area (Å²) in [6.45, 7) is 0. The minimum Gasteiger partial charge on any atom is -0.321 e. The summed E-state index contributed by atoms with van der Waals surface area (Å²) in [7, 11) is 0. The quantitative estimate of drug-likeness (QED) is 0.844. The number of rotatable bonds is 2. The van der Waals surface area contributed by atoms with Crippen LogP contribution in [0.1, 0.15) is 10.4 Å². The van der Waals surface area contributed by atoms with Gasteiger partial charge in [-0.3, -0.25) is 4.79 Å². The largest absolute Gasteiger partial charge is 0.321 e. The molecule has 2 nitrogen and oxygen atoms in total. The maximum Gasteiger partial charge on any atom is 0.258 e. The standard InChI is InChI=1S/C13H7BrClF2NO/c14-10-5-7(15)1-4-12(10)18-13(19)9-6-8(16)2-3-11(9)17/h1-6H,(H,18,19). The Kier molecular flexibility index (Phi) is 4.17. The number of amides is 1. The molecule has 2 rings (SSSR count). The van der Waals surface area contributed by atoms with Crippen LogP contribution in [0.2, 0.25) is 5.02 Å². The van der Waals surface area contributed by atoms with E-state index in [9.17, 15) is 13.6 Å². The van der Waals surface area contributed by atoms with Crippen LogP contribution in [-0.2, 0) is 0 Å². The highest BCUT2D eigenvalue weighted by Crippen LogP contribution is 2.26. The summed E-state index contributed by atoms with van der Waals surface area (Å²) in [5, 5.41) is 2.96. The molecule has 0 heterocycles. The Morgan fingerprint density at radius 1 is 1.16 bits per heavy atom. The van der Waals surface area contributed by atoms with Crippen molar-refractivity contribution in [2.24, 2.45) is 0 Å². The smallest absolute Gasteiger partial charge is 0.258 e. The van der Waals surface area contributed by atoms with Gasteiger partial charge in [-0.1, -0.05) is 11.6 Å². The number of nitrogens with one attached hydrogen (secondary N) is 1. The number of carbonyl (C=O) groups is 1. The number of halogens is 4. The predicted molar refractivity (Wildman–Crippen MR) is 73.5 cm³/mol. The van der Waals surface area contributed by atoms with Gasteiger partial charge in [0.2, 0.25) is 0 Å². The zero-order chi connectivity index (χ0) is 14.0. The van der Waals surface area contributed by atoms with Crippen molar-refractivity contribution in [2.45, 2.75) is 0 Å². The van der Waals surface area contributed by atoms with Crippen molar-refractivity contribution in [3.05, 3.63) is 63.1 Å². The fourth-order valence-electron chi connectivity index (χ4n) is 1.45. The van der Waals surface area contributed by atoms with Crippen molar-refractivity contribution >= 4 is 39.1 Å². The third-order valence-electron chi connectivity index (χ3n) is 2.35. The molecule has 1 N–H and O–H groups in total. The lowest BCUT2D eigenvalue weighted by atomic mass is 10.2. The summed E-state index contributed by atoms with van der Waals surface area (Å²) in [4.78, 5) is 11.9. The van der Waals surface area contributed by atoms with Gasteiger partial charge in [0.25, 0.3) is 5.91 Å². The van der Waals surface area contributed by atoms with Gasteiger partial charge < -0.3 is 5.32 Å². The maximum absolute atomic E-state index is 13.4. The molecule has 0 atom stereocenters. The molecule has 0 saturated carbocycles. The second-order valence-corrected chi connectivity index (χ2v) is 4.99. The minimum atomic E-state index is -0.788. The molecule has 1 amide bonds. The van der Waals surface area contributed by atoms with Gasteiger partial charge in [0, 0.05) is 9.50 Å². The highest BCUT2D eigenvalue weighted by molar-refractivity contribution is 9.10. The summed E-state index contributed by atoms with van der Waals surface area (Å²) in [6, 6.07) is 7.41. The van der Waals surface area contributed by atoms with E-state index in [4.69, 9.17) is 11.6 Å². The fraction of sp³-hybridized carbons (Fsp3) is 0. The number of carbonyl (C=O) groups excluding carboxylic acids is 1. The average molecular weight is 347 g/mol. The maximum atomic E-state index is 13.4. The third-order valence-corrected chi connectivity index (χ3v) is 3.24. The van der Waals surface area contributed by atoms with Gasteiger partial charge in [0.05, 0.1) is 11.3 Å². The Morgan fingerprint density at radius 3 is 2.58 bits per heavy atom. The molecular formula is C13H7BrClF2NO. The van der Waals surface area contributed by atoms with Crippen LogP contribution < -0.4 is 5.32 Å². The summed E-state index contributed by atoms with van der Waals surface area (Å²) < 4.78 is 27.0. The van der Waals surface area contributed by atoms with Crippen LogP contribution in [-0.4, -0.2) is 5.91 Å². The second kappa shape index (κ2) is 5.67. The Bertz CT molecular complexity index is 649. The lowest BCUT2D eigenvalue weighted by Gasteiger charge is -2.08. The fourth-order valence-corrected chi connectivity index (χ4v) is 2.23. The van der Waals surface area contributed by atoms with E-state index in [1.54, 1.807) is 18.2 Å². The zero-order valence-corrected chi connectivity index (χ0v) is 11.7. The van der Waals surface area contributed by atoms with E-state index in [-0.39, 0.29) is 5.56 Å². The summed E-state index contributed by atoms with van der Waals surface area (Å²) in [6.07, 6.45) is 0. The van der Waals surface area contributed by atoms with Crippen molar-refractivity contribution < 1.29 is 13.6 Å². The van der Waals surface area contributed by atoms with Gasteiger partial charge in [-0.2, -0.15) is 0 Å². The van der Waals surface area contributed by atoms with Crippen LogP contribution in [0.25, 0.3) is 0 Å². The molecule has 0 unspecified atom stereocenters. The van der Waals surface area contributed by atoms with E-state index in [1.165, 1.54) is 0 Å². The van der Waals surface area contributed by atoms with E-state index in [2.05, 4.69) is 21.2 Å². The Hall–Kier alpha value is -1.46. The van der Waals surface area contributed by atoms with Crippen LogP contribution in [0.5, 0.6) is 0 Å². The number of anilines is 1. The molecule has 0 aliphatic rings. The SMILES string of the molecule is O=C(Nc1ccc(Cl)cc1Br)c1cc(F)ccc1F. The van der Waals surface area contributed by atoms with Gasteiger partial charge in [-0.05, 0) is 52.3 Å². The van der Waals surface area contributed by atoms with Gasteiger partial charge >= 0.3 is 0 Å². The van der Waals surface area contributed by atoms with Crippen LogP contribution in [0, 0.1) is 11.6 Å². The normalized spacial score (nSPS) is 10.3. The highest BCUT2D eigenvalue weighted by atomic mass is 79.9. The first-order valence-electron chi connectivity index (χ1n) is 5.19. The number of hydrogen-bond acceptors (Lipinski definition) is 1. The molecule has 6 heteroatoms. The van der Waals surface area contributed by atoms with Gasteiger partial charge in [-0.15, -0.1) is 0 Å². The molecule has 2 aromatic carbocycles. The van der Waals surface area contributed by atoms with Crippen LogP contribution in [0.15, 0.2) is 40.9 Å². The van der Waals surface area contributed by atoms with Crippen molar-refractivity contribution in [3.8, 4) is 0 Å². The molecular weight excluding hydrogens is 340 g/mol. The lowest BCUT2D eigenvalue weighted by molar-refractivity contribution is 0.102. The summed E-state index contributed by atoms with van der Waals surface area (Å²) in [5.74, 6) is -2.20. The summed E-state index contributed by atoms with van der Waals surface area (Å²) in [5.41, 5.74) is 0.0555. The van der Waals surface area contributed by atoms with Gasteiger partial charge in [-0.25, -0.2) is 8.78 Å². The first kappa shape index (κ1) is 14.0. The van der Waals surface area contributed by atoms with Crippen LogP contribution >= 0.6 is 27.5 Å². The first-order chi connectivity index (χ1) is 8.97. The monoisotopic (exact) mass is 345 g/mol. The van der Waals surface area contributed by atoms with Crippen molar-refractivity contribution in [3.63, 3.8) is 0 Å². The van der Waals surface area contributed by atoms with Crippen LogP contribution in [0.3, 0.4) is 0 Å². The second-order valence-electron chi connectivity index (χ2n) is 3.70. The molecule has 0 aromatic heterocycles. The molecule has 98 valence electrons. The average Bonchev–Trinajstić information content (AvgIpc) is 2.35. The highest BCUT2D eigenvalue weighted by Gasteiger charge is 2.14. The minimum absolute atomic E-state index is 0.359. The van der Waals surface area contributed by atoms with E-state index in [1.807, 2.05) is 0 Å². The van der Waals surface area contributed by atoms with E-state index < -0.39 is 17.5 Å². The molecule has 0 fully saturated rings. The zero-order valence-electron chi connectivity index (χ0n) is 9.38. The Morgan fingerprint density at radius 2 is 1.89 bits per heavy atom. The Balaban J connectivity index is 2.28. The molecule has 2 aromatic rings. The first-order valence-corrected chi connectivity index (χ1v) is 6.36. The number of hydrogen-bond donors (Lipinski definition) is 1. The third kappa shape index (κ3) is 3.30. The van der Waals surface area contributed by atoms with Crippen LogP contribution in [0.4, 0.5) is 14.5 Å². The predicted octanol–water partition coefficient (Wildman–Crippen LogP) is 4.63. The van der Waals surface area contributed by atoms with Crippen molar-refractivity contribution in [1.82, 2.24) is 0 Å². The lowest BCUT2D eigenvalue weighted by Crippen LogP contribution is -2.14. The van der Waals surface area contributed by atoms with Crippen molar-refractivity contribution in [2.75, 3.05) is 5.32 Å². The van der Waals surface area contributed by atoms with Gasteiger partial charge in [0.15, 0.2) is 0 Å². The molecule has 0 radical (unpaired) electrons. The van der Waals surface area contributed by atoms with Crippen molar-refractivity contribution in [1.29, 1.82) is 0 Å². The van der Waals surface area contributed by atoms with E-state index in [0.717, 1.165) is 18.2 Å². The van der Waals surface area contributed by atoms with Gasteiger partial charge in [0.1, 0.15) is 11.6 Å². The summed E-state index contributed by atoms with van der Waals surface area (Å²) >= 11 is 8.98.